The van der Waals surface area contributed by atoms with Gasteiger partial charge in [-0.1, -0.05) is 13.8 Å². The second kappa shape index (κ2) is 5.27. The van der Waals surface area contributed by atoms with E-state index >= 15 is 0 Å². The molecule has 0 aromatic rings. The lowest BCUT2D eigenvalue weighted by Gasteiger charge is -2.30. The molecule has 1 fully saturated rings. The fourth-order valence-corrected chi connectivity index (χ4v) is 2.53. The molecular weight excluding hydrogens is 214 g/mol. The van der Waals surface area contributed by atoms with Crippen molar-refractivity contribution in [1.82, 2.24) is 4.31 Å². The number of hydrogen-bond donors (Lipinski definition) is 0. The lowest BCUT2D eigenvalue weighted by Crippen LogP contribution is -2.40. The van der Waals surface area contributed by atoms with Crippen molar-refractivity contribution in [3.63, 3.8) is 0 Å². The van der Waals surface area contributed by atoms with Crippen LogP contribution in [0.2, 0.25) is 0 Å². The highest BCUT2D eigenvalue weighted by Crippen LogP contribution is 2.16. The van der Waals surface area contributed by atoms with Crippen LogP contribution in [0.3, 0.4) is 0 Å². The van der Waals surface area contributed by atoms with E-state index in [1.54, 1.807) is 0 Å². The first-order valence-corrected chi connectivity index (χ1v) is 7.31. The van der Waals surface area contributed by atoms with Crippen LogP contribution >= 0.6 is 0 Å². The first-order valence-electron chi connectivity index (χ1n) is 5.46. The number of nitrogens with zero attached hydrogens (tertiary/aromatic N) is 1. The number of rotatable bonds is 4. The van der Waals surface area contributed by atoms with Crippen molar-refractivity contribution >= 4 is 10.0 Å². The van der Waals surface area contributed by atoms with Gasteiger partial charge in [-0.3, -0.25) is 0 Å². The van der Waals surface area contributed by atoms with Gasteiger partial charge in [0.05, 0.1) is 12.4 Å². The van der Waals surface area contributed by atoms with E-state index in [9.17, 15) is 8.42 Å². The zero-order valence-corrected chi connectivity index (χ0v) is 10.6. The summed E-state index contributed by atoms with van der Waals surface area (Å²) in [4.78, 5) is 0. The van der Waals surface area contributed by atoms with Gasteiger partial charge in [0.25, 0.3) is 0 Å². The van der Waals surface area contributed by atoms with Crippen molar-refractivity contribution in [3.8, 4) is 0 Å². The SMILES string of the molecule is CC(C)COC1CCN(S(C)(=O)=O)CC1. The van der Waals surface area contributed by atoms with Crippen molar-refractivity contribution in [2.75, 3.05) is 26.0 Å². The molecule has 90 valence electrons. The van der Waals surface area contributed by atoms with Crippen molar-refractivity contribution in [2.45, 2.75) is 32.8 Å². The fraction of sp³-hybridized carbons (Fsp3) is 1.00. The van der Waals surface area contributed by atoms with Gasteiger partial charge < -0.3 is 4.74 Å². The number of sulfonamides is 1. The molecule has 0 aliphatic carbocycles. The van der Waals surface area contributed by atoms with E-state index in [2.05, 4.69) is 13.8 Å². The van der Waals surface area contributed by atoms with E-state index in [1.165, 1.54) is 10.6 Å². The molecule has 1 rings (SSSR count). The van der Waals surface area contributed by atoms with Crippen LogP contribution in [0.4, 0.5) is 0 Å². The monoisotopic (exact) mass is 235 g/mol. The van der Waals surface area contributed by atoms with E-state index in [1.807, 2.05) is 0 Å². The molecule has 0 atom stereocenters. The smallest absolute Gasteiger partial charge is 0.211 e. The first-order chi connectivity index (χ1) is 6.89. The van der Waals surface area contributed by atoms with E-state index < -0.39 is 10.0 Å². The predicted octanol–water partition coefficient (Wildman–Crippen LogP) is 1.08. The maximum atomic E-state index is 11.2. The second-order valence-corrected chi connectivity index (χ2v) is 6.57. The molecule has 1 aliphatic heterocycles. The van der Waals surface area contributed by atoms with Crippen molar-refractivity contribution in [3.05, 3.63) is 0 Å². The molecule has 5 heteroatoms. The van der Waals surface area contributed by atoms with Crippen LogP contribution in [0.5, 0.6) is 0 Å². The molecule has 0 saturated carbocycles. The highest BCUT2D eigenvalue weighted by molar-refractivity contribution is 7.88. The molecule has 0 amide bonds. The predicted molar refractivity (Wildman–Crippen MR) is 60.2 cm³/mol. The summed E-state index contributed by atoms with van der Waals surface area (Å²) < 4.78 is 29.7. The van der Waals surface area contributed by atoms with Gasteiger partial charge in [0.1, 0.15) is 0 Å². The van der Waals surface area contributed by atoms with Gasteiger partial charge in [0, 0.05) is 19.7 Å². The Kier molecular flexibility index (Phi) is 4.55. The second-order valence-electron chi connectivity index (χ2n) is 4.59. The van der Waals surface area contributed by atoms with E-state index in [0.29, 0.717) is 19.0 Å². The molecule has 0 radical (unpaired) electrons. The van der Waals surface area contributed by atoms with Gasteiger partial charge in [-0.2, -0.15) is 0 Å². The molecule has 0 N–H and O–H groups in total. The molecule has 1 heterocycles. The minimum Gasteiger partial charge on any atom is -0.378 e. The Bertz CT molecular complexity index is 279. The minimum absolute atomic E-state index is 0.241. The summed E-state index contributed by atoms with van der Waals surface area (Å²) in [5, 5.41) is 0. The van der Waals surface area contributed by atoms with Gasteiger partial charge in [0.15, 0.2) is 0 Å². The Morgan fingerprint density at radius 3 is 2.27 bits per heavy atom. The van der Waals surface area contributed by atoms with Crippen molar-refractivity contribution in [1.29, 1.82) is 0 Å². The third kappa shape index (κ3) is 4.49. The summed E-state index contributed by atoms with van der Waals surface area (Å²) in [7, 11) is -3.00. The summed E-state index contributed by atoms with van der Waals surface area (Å²) in [6.07, 6.45) is 3.15. The molecule has 0 bridgehead atoms. The van der Waals surface area contributed by atoms with Gasteiger partial charge >= 0.3 is 0 Å². The number of piperidine rings is 1. The van der Waals surface area contributed by atoms with Gasteiger partial charge in [-0.25, -0.2) is 12.7 Å². The lowest BCUT2D eigenvalue weighted by molar-refractivity contribution is 0.00757. The molecule has 1 aliphatic rings. The third-order valence-corrected chi connectivity index (χ3v) is 3.84. The maximum absolute atomic E-state index is 11.2. The van der Waals surface area contributed by atoms with Crippen LogP contribution in [0.15, 0.2) is 0 Å². The van der Waals surface area contributed by atoms with E-state index in [0.717, 1.165) is 19.4 Å². The molecule has 4 nitrogen and oxygen atoms in total. The molecular formula is C10H21NO3S. The normalized spacial score (nSPS) is 21.1. The molecule has 0 aromatic heterocycles. The standard InChI is InChI=1S/C10H21NO3S/c1-9(2)8-14-10-4-6-11(7-5-10)15(3,12)13/h9-10H,4-8H2,1-3H3. The van der Waals surface area contributed by atoms with Gasteiger partial charge in [-0.05, 0) is 18.8 Å². The Balaban J connectivity index is 2.30. The zero-order valence-electron chi connectivity index (χ0n) is 9.77. The number of ether oxygens (including phenoxy) is 1. The summed E-state index contributed by atoms with van der Waals surface area (Å²) in [6.45, 7) is 6.20. The molecule has 0 aromatic carbocycles. The number of hydrogen-bond acceptors (Lipinski definition) is 3. The Morgan fingerprint density at radius 1 is 1.33 bits per heavy atom. The van der Waals surface area contributed by atoms with E-state index in [4.69, 9.17) is 4.74 Å². The summed E-state index contributed by atoms with van der Waals surface area (Å²) in [6, 6.07) is 0. The van der Waals surface area contributed by atoms with Gasteiger partial charge in [0.2, 0.25) is 10.0 Å². The summed E-state index contributed by atoms with van der Waals surface area (Å²) >= 11 is 0. The highest BCUT2D eigenvalue weighted by Gasteiger charge is 2.25. The van der Waals surface area contributed by atoms with Crippen LogP contribution < -0.4 is 0 Å². The van der Waals surface area contributed by atoms with Crippen LogP contribution in [0.25, 0.3) is 0 Å². The molecule has 0 unspecified atom stereocenters. The molecule has 0 spiro atoms. The summed E-state index contributed by atoms with van der Waals surface area (Å²) in [5.41, 5.74) is 0. The molecule has 1 saturated heterocycles. The van der Waals surface area contributed by atoms with Crippen molar-refractivity contribution < 1.29 is 13.2 Å². The lowest BCUT2D eigenvalue weighted by atomic mass is 10.1. The van der Waals surface area contributed by atoms with Crippen LogP contribution in [-0.2, 0) is 14.8 Å². The van der Waals surface area contributed by atoms with Crippen LogP contribution in [0.1, 0.15) is 26.7 Å². The highest BCUT2D eigenvalue weighted by atomic mass is 32.2. The quantitative estimate of drug-likeness (QED) is 0.732. The maximum Gasteiger partial charge on any atom is 0.211 e. The minimum atomic E-state index is -3.00. The third-order valence-electron chi connectivity index (χ3n) is 2.54. The average Bonchev–Trinajstić information content (AvgIpc) is 2.14. The zero-order chi connectivity index (χ0) is 11.5. The average molecular weight is 235 g/mol. The largest absolute Gasteiger partial charge is 0.378 e. The van der Waals surface area contributed by atoms with Crippen LogP contribution in [0, 0.1) is 5.92 Å². The Labute approximate surface area is 92.7 Å². The topological polar surface area (TPSA) is 46.6 Å². The van der Waals surface area contributed by atoms with E-state index in [-0.39, 0.29) is 6.10 Å². The first kappa shape index (κ1) is 12.9. The summed E-state index contributed by atoms with van der Waals surface area (Å²) in [5.74, 6) is 0.540. The Hall–Kier alpha value is -0.130. The fourth-order valence-electron chi connectivity index (χ4n) is 1.66. The van der Waals surface area contributed by atoms with Gasteiger partial charge in [-0.15, -0.1) is 0 Å². The Morgan fingerprint density at radius 2 is 1.87 bits per heavy atom. The van der Waals surface area contributed by atoms with Crippen LogP contribution in [-0.4, -0.2) is 44.8 Å². The van der Waals surface area contributed by atoms with Crippen molar-refractivity contribution in [2.24, 2.45) is 5.92 Å². The molecule has 15 heavy (non-hydrogen) atoms.